The van der Waals surface area contributed by atoms with Crippen molar-refractivity contribution in [1.82, 2.24) is 0 Å². The Kier molecular flexibility index (Phi) is 3.21. The summed E-state index contributed by atoms with van der Waals surface area (Å²) in [4.78, 5) is 15.9. The maximum absolute atomic E-state index is 12.3. The number of fused-ring (bicyclic) bond motifs is 1. The van der Waals surface area contributed by atoms with Crippen LogP contribution in [0.25, 0.3) is 0 Å². The summed E-state index contributed by atoms with van der Waals surface area (Å²) < 4.78 is 0. The summed E-state index contributed by atoms with van der Waals surface area (Å²) in [6, 6.07) is 7.50. The molecular weight excluding hydrogens is 240 g/mol. The highest BCUT2D eigenvalue weighted by Crippen LogP contribution is 2.37. The summed E-state index contributed by atoms with van der Waals surface area (Å²) in [6.07, 6.45) is 0. The zero-order valence-corrected chi connectivity index (χ0v) is 11.5. The molecule has 0 saturated carbocycles. The summed E-state index contributed by atoms with van der Waals surface area (Å²) in [5.41, 5.74) is 7.56. The van der Waals surface area contributed by atoms with Gasteiger partial charge in [-0.1, -0.05) is 0 Å². The maximum Gasteiger partial charge on any atom is 0.247 e. The van der Waals surface area contributed by atoms with Gasteiger partial charge in [0.1, 0.15) is 0 Å². The quantitative estimate of drug-likeness (QED) is 0.861. The van der Waals surface area contributed by atoms with Crippen molar-refractivity contribution in [3.8, 4) is 6.07 Å². The van der Waals surface area contributed by atoms with Crippen molar-refractivity contribution in [2.24, 2.45) is 5.73 Å². The van der Waals surface area contributed by atoms with Crippen LogP contribution in [0.3, 0.4) is 0 Å². The van der Waals surface area contributed by atoms with Crippen LogP contribution in [0.15, 0.2) is 18.2 Å². The van der Waals surface area contributed by atoms with E-state index in [-0.39, 0.29) is 5.91 Å². The zero-order valence-electron chi connectivity index (χ0n) is 11.5. The molecule has 0 bridgehead atoms. The molecule has 1 aliphatic rings. The Morgan fingerprint density at radius 2 is 2.11 bits per heavy atom. The molecule has 0 aromatic heterocycles. The number of rotatable bonds is 2. The third kappa shape index (κ3) is 2.15. The van der Waals surface area contributed by atoms with Gasteiger partial charge in [-0.05, 0) is 32.0 Å². The second-order valence-corrected chi connectivity index (χ2v) is 5.42. The molecule has 0 spiro atoms. The van der Waals surface area contributed by atoms with Gasteiger partial charge in [0.2, 0.25) is 5.91 Å². The van der Waals surface area contributed by atoms with Crippen LogP contribution in [-0.2, 0) is 4.79 Å². The molecule has 5 nitrogen and oxygen atoms in total. The highest BCUT2D eigenvalue weighted by molar-refractivity contribution is 6.04. The number of nitrogens with two attached hydrogens (primary N) is 1. The smallest absolute Gasteiger partial charge is 0.247 e. The molecule has 5 heteroatoms. The predicted molar refractivity (Wildman–Crippen MR) is 75.0 cm³/mol. The lowest BCUT2D eigenvalue weighted by atomic mass is 9.98. The number of carbonyl (C=O) groups is 1. The number of benzene rings is 1. The van der Waals surface area contributed by atoms with E-state index in [1.54, 1.807) is 17.0 Å². The third-order valence-corrected chi connectivity index (χ3v) is 3.48. The second-order valence-electron chi connectivity index (χ2n) is 5.42. The van der Waals surface area contributed by atoms with Crippen LogP contribution in [-0.4, -0.2) is 31.6 Å². The molecule has 1 aromatic rings. The highest BCUT2D eigenvalue weighted by Gasteiger charge is 2.36. The fourth-order valence-electron chi connectivity index (χ4n) is 2.34. The first-order chi connectivity index (χ1) is 8.90. The Labute approximate surface area is 113 Å². The summed E-state index contributed by atoms with van der Waals surface area (Å²) >= 11 is 0. The molecule has 1 heterocycles. The Hall–Kier alpha value is -2.06. The van der Waals surface area contributed by atoms with E-state index >= 15 is 0 Å². The summed E-state index contributed by atoms with van der Waals surface area (Å²) in [7, 11) is 1.87. The van der Waals surface area contributed by atoms with Crippen LogP contribution >= 0.6 is 0 Å². The van der Waals surface area contributed by atoms with E-state index < -0.39 is 5.54 Å². The van der Waals surface area contributed by atoms with Crippen molar-refractivity contribution in [3.63, 3.8) is 0 Å². The molecular formula is C14H18N4O. The van der Waals surface area contributed by atoms with Gasteiger partial charge in [0.25, 0.3) is 0 Å². The minimum absolute atomic E-state index is 0.000500. The van der Waals surface area contributed by atoms with Crippen LogP contribution < -0.4 is 15.5 Å². The molecule has 0 radical (unpaired) electrons. The van der Waals surface area contributed by atoms with Crippen LogP contribution in [0.2, 0.25) is 0 Å². The van der Waals surface area contributed by atoms with Gasteiger partial charge in [-0.25, -0.2) is 0 Å². The lowest BCUT2D eigenvalue weighted by Gasteiger charge is -2.44. The zero-order chi connectivity index (χ0) is 14.2. The lowest BCUT2D eigenvalue weighted by Crippen LogP contribution is -2.57. The number of amides is 1. The van der Waals surface area contributed by atoms with Crippen molar-refractivity contribution in [3.05, 3.63) is 23.8 Å². The van der Waals surface area contributed by atoms with Crippen molar-refractivity contribution in [2.45, 2.75) is 19.4 Å². The molecule has 0 saturated heterocycles. The van der Waals surface area contributed by atoms with Crippen molar-refractivity contribution >= 4 is 17.3 Å². The first-order valence-electron chi connectivity index (χ1n) is 6.19. The average Bonchev–Trinajstić information content (AvgIpc) is 2.37. The van der Waals surface area contributed by atoms with E-state index in [1.807, 2.05) is 31.9 Å². The molecule has 0 atom stereocenters. The number of carbonyl (C=O) groups excluding carboxylic acids is 1. The van der Waals surface area contributed by atoms with Crippen molar-refractivity contribution < 1.29 is 4.79 Å². The predicted octanol–water partition coefficient (Wildman–Crippen LogP) is 1.08. The Bertz CT molecular complexity index is 559. The van der Waals surface area contributed by atoms with E-state index in [2.05, 4.69) is 6.07 Å². The largest absolute Gasteiger partial charge is 0.364 e. The van der Waals surface area contributed by atoms with E-state index in [0.29, 0.717) is 18.7 Å². The van der Waals surface area contributed by atoms with Gasteiger partial charge in [0.15, 0.2) is 0 Å². The Morgan fingerprint density at radius 3 is 2.68 bits per heavy atom. The maximum atomic E-state index is 12.3. The lowest BCUT2D eigenvalue weighted by molar-refractivity contribution is -0.118. The molecule has 2 rings (SSSR count). The van der Waals surface area contributed by atoms with Gasteiger partial charge in [0.05, 0.1) is 35.1 Å². The number of likely N-dealkylation sites (N-methyl/N-ethyl adjacent to an activating group) is 1. The number of anilines is 2. The average molecular weight is 258 g/mol. The van der Waals surface area contributed by atoms with Crippen molar-refractivity contribution in [1.29, 1.82) is 5.26 Å². The number of hydrogen-bond donors (Lipinski definition) is 1. The fraction of sp³-hybridized carbons (Fsp3) is 0.429. The van der Waals surface area contributed by atoms with Gasteiger partial charge in [-0.2, -0.15) is 5.26 Å². The standard InChI is InChI=1S/C14H18N4O/c1-14(2,9-16)18-12-6-10(7-15)4-5-11(12)17(3)8-13(18)19/h4-6H,8-9,16H2,1-3H3. The second kappa shape index (κ2) is 4.56. The van der Waals surface area contributed by atoms with E-state index in [1.165, 1.54) is 0 Å². The molecule has 1 aliphatic heterocycles. The molecule has 0 unspecified atom stereocenters. The van der Waals surface area contributed by atoms with E-state index in [9.17, 15) is 4.79 Å². The highest BCUT2D eigenvalue weighted by atomic mass is 16.2. The Morgan fingerprint density at radius 1 is 1.42 bits per heavy atom. The molecule has 2 N–H and O–H groups in total. The van der Waals surface area contributed by atoms with Crippen LogP contribution in [0.1, 0.15) is 19.4 Å². The fourth-order valence-corrected chi connectivity index (χ4v) is 2.34. The molecule has 1 amide bonds. The van der Waals surface area contributed by atoms with E-state index in [4.69, 9.17) is 11.0 Å². The van der Waals surface area contributed by atoms with Crippen molar-refractivity contribution in [2.75, 3.05) is 29.9 Å². The minimum Gasteiger partial charge on any atom is -0.364 e. The van der Waals surface area contributed by atoms with Gasteiger partial charge in [-0.15, -0.1) is 0 Å². The Balaban J connectivity index is 2.62. The van der Waals surface area contributed by atoms with Crippen LogP contribution in [0, 0.1) is 11.3 Å². The van der Waals surface area contributed by atoms with Crippen LogP contribution in [0.4, 0.5) is 11.4 Å². The van der Waals surface area contributed by atoms with E-state index in [0.717, 1.165) is 11.4 Å². The van der Waals surface area contributed by atoms with Gasteiger partial charge >= 0.3 is 0 Å². The SMILES string of the molecule is CN1CC(=O)N(C(C)(C)CN)c2cc(C#N)ccc21. The number of nitriles is 1. The summed E-state index contributed by atoms with van der Waals surface area (Å²) in [5.74, 6) is 0.000500. The van der Waals surface area contributed by atoms with Gasteiger partial charge in [-0.3, -0.25) is 4.79 Å². The van der Waals surface area contributed by atoms with Gasteiger partial charge < -0.3 is 15.5 Å². The number of hydrogen-bond acceptors (Lipinski definition) is 4. The summed E-state index contributed by atoms with van der Waals surface area (Å²) in [6.45, 7) is 4.54. The molecule has 0 aliphatic carbocycles. The number of nitrogens with zero attached hydrogens (tertiary/aromatic N) is 3. The topological polar surface area (TPSA) is 73.4 Å². The molecule has 1 aromatic carbocycles. The molecule has 19 heavy (non-hydrogen) atoms. The van der Waals surface area contributed by atoms with Crippen LogP contribution in [0.5, 0.6) is 0 Å². The monoisotopic (exact) mass is 258 g/mol. The first-order valence-corrected chi connectivity index (χ1v) is 6.19. The first kappa shape index (κ1) is 13.4. The minimum atomic E-state index is -0.471. The molecule has 0 fully saturated rings. The van der Waals surface area contributed by atoms with Gasteiger partial charge in [0, 0.05) is 13.6 Å². The normalized spacial score (nSPS) is 15.2. The summed E-state index contributed by atoms with van der Waals surface area (Å²) in [5, 5.41) is 9.03. The molecule has 100 valence electrons. The third-order valence-electron chi connectivity index (χ3n) is 3.48.